The van der Waals surface area contributed by atoms with Gasteiger partial charge in [-0.3, -0.25) is 0 Å². The normalized spacial score (nSPS) is 12.4. The van der Waals surface area contributed by atoms with Gasteiger partial charge in [0.25, 0.3) is 0 Å². The highest BCUT2D eigenvalue weighted by Crippen LogP contribution is 2.16. The molecule has 24 heavy (non-hydrogen) atoms. The van der Waals surface area contributed by atoms with Crippen molar-refractivity contribution in [1.29, 1.82) is 0 Å². The lowest BCUT2D eigenvalue weighted by molar-refractivity contribution is 0.586. The molecule has 7 nitrogen and oxygen atoms in total. The molecule has 0 atom stereocenters. The average molecular weight is 414 g/mol. The summed E-state index contributed by atoms with van der Waals surface area (Å²) in [7, 11) is -7.22. The van der Waals surface area contributed by atoms with Crippen molar-refractivity contribution in [3.63, 3.8) is 0 Å². The van der Waals surface area contributed by atoms with E-state index in [1.807, 2.05) is 0 Å². The van der Waals surface area contributed by atoms with Crippen LogP contribution in [0.4, 0.5) is 0 Å². The van der Waals surface area contributed by atoms with Crippen molar-refractivity contribution in [3.05, 3.63) is 18.2 Å². The third-order valence-electron chi connectivity index (χ3n) is 2.85. The van der Waals surface area contributed by atoms with Crippen molar-refractivity contribution in [2.24, 2.45) is 11.5 Å². The van der Waals surface area contributed by atoms with E-state index in [4.69, 9.17) is 11.5 Å². The fourth-order valence-corrected chi connectivity index (χ4v) is 6.62. The molecule has 0 aromatic carbocycles. The fourth-order valence-electron chi connectivity index (χ4n) is 1.66. The third-order valence-corrected chi connectivity index (χ3v) is 8.62. The Kier molecular flexibility index (Phi) is 9.60. The van der Waals surface area contributed by atoms with Crippen LogP contribution in [0.3, 0.4) is 0 Å². The van der Waals surface area contributed by atoms with Crippen molar-refractivity contribution in [3.8, 4) is 0 Å². The lowest BCUT2D eigenvalue weighted by Crippen LogP contribution is -2.16. The van der Waals surface area contributed by atoms with Crippen molar-refractivity contribution >= 4 is 43.2 Å². The Balaban J connectivity index is 2.81. The molecule has 0 aliphatic rings. The number of nitrogens with two attached hydrogens (primary N) is 2. The molecule has 0 aliphatic heterocycles. The van der Waals surface area contributed by atoms with E-state index in [1.165, 1.54) is 41.7 Å². The van der Waals surface area contributed by atoms with Gasteiger partial charge in [-0.1, -0.05) is 6.07 Å². The number of nitrogens with zero attached hydrogens (tertiary/aromatic N) is 1. The van der Waals surface area contributed by atoms with E-state index in [0.29, 0.717) is 36.1 Å². The van der Waals surface area contributed by atoms with Gasteiger partial charge in [-0.05, 0) is 12.1 Å². The summed E-state index contributed by atoms with van der Waals surface area (Å²) in [6, 6.07) is 4.06. The van der Waals surface area contributed by atoms with Crippen LogP contribution in [0, 0.1) is 0 Å². The van der Waals surface area contributed by atoms with Crippen molar-refractivity contribution < 1.29 is 16.8 Å². The molecule has 0 aliphatic carbocycles. The fraction of sp³-hybridized carbons (Fsp3) is 0.615. The SMILES string of the molecule is NCCSCCS(=O)(=O)c1cccc(S(=O)(=O)CCSCCN)n1. The summed E-state index contributed by atoms with van der Waals surface area (Å²) >= 11 is 2.87. The Labute approximate surface area is 152 Å². The Morgan fingerprint density at radius 3 is 1.58 bits per heavy atom. The molecule has 1 heterocycles. The molecule has 11 heteroatoms. The number of thioether (sulfide) groups is 2. The maximum atomic E-state index is 12.3. The minimum Gasteiger partial charge on any atom is -0.330 e. The van der Waals surface area contributed by atoms with Crippen LogP contribution in [-0.4, -0.2) is 69.4 Å². The molecule has 0 spiro atoms. The Bertz CT molecular complexity index is 650. The Morgan fingerprint density at radius 2 is 1.21 bits per heavy atom. The van der Waals surface area contributed by atoms with Crippen LogP contribution < -0.4 is 11.5 Å². The van der Waals surface area contributed by atoms with Gasteiger partial charge in [0, 0.05) is 36.1 Å². The van der Waals surface area contributed by atoms with Crippen LogP contribution >= 0.6 is 23.5 Å². The minimum absolute atomic E-state index is 0.0967. The van der Waals surface area contributed by atoms with E-state index in [0.717, 1.165) is 0 Å². The van der Waals surface area contributed by atoms with Crippen LogP contribution in [0.2, 0.25) is 0 Å². The summed E-state index contributed by atoms with van der Waals surface area (Å²) < 4.78 is 49.0. The van der Waals surface area contributed by atoms with Gasteiger partial charge in [-0.15, -0.1) is 0 Å². The molecule has 0 saturated heterocycles. The molecule has 0 bridgehead atoms. The number of hydrogen-bond acceptors (Lipinski definition) is 9. The first-order valence-electron chi connectivity index (χ1n) is 7.31. The summed E-state index contributed by atoms with van der Waals surface area (Å²) in [4.78, 5) is 3.87. The summed E-state index contributed by atoms with van der Waals surface area (Å²) in [6.45, 7) is 0.970. The van der Waals surface area contributed by atoms with E-state index in [-0.39, 0.29) is 21.6 Å². The summed E-state index contributed by atoms with van der Waals surface area (Å²) in [5.74, 6) is 1.96. The van der Waals surface area contributed by atoms with Gasteiger partial charge in [0.05, 0.1) is 11.5 Å². The van der Waals surface area contributed by atoms with Crippen LogP contribution in [0.5, 0.6) is 0 Å². The van der Waals surface area contributed by atoms with Crippen LogP contribution in [0.15, 0.2) is 28.3 Å². The first-order valence-corrected chi connectivity index (χ1v) is 12.9. The second-order valence-electron chi connectivity index (χ2n) is 4.75. The highest BCUT2D eigenvalue weighted by molar-refractivity contribution is 8.01. The maximum Gasteiger partial charge on any atom is 0.196 e. The van der Waals surface area contributed by atoms with Gasteiger partial charge in [0.1, 0.15) is 0 Å². The zero-order valence-corrected chi connectivity index (χ0v) is 16.5. The highest BCUT2D eigenvalue weighted by atomic mass is 32.2. The minimum atomic E-state index is -3.61. The molecular formula is C13H23N3O4S4. The Morgan fingerprint density at radius 1 is 0.792 bits per heavy atom. The standard InChI is InChI=1S/C13H23N3O4S4/c14-4-6-21-8-10-23(17,18)12-2-1-3-13(16-12)24(19,20)11-9-22-7-5-15/h1-3H,4-11,14-15H2. The van der Waals surface area contributed by atoms with Gasteiger partial charge >= 0.3 is 0 Å². The summed E-state index contributed by atoms with van der Waals surface area (Å²) in [6.07, 6.45) is 0. The molecule has 1 aromatic heterocycles. The van der Waals surface area contributed by atoms with Crippen molar-refractivity contribution in [1.82, 2.24) is 4.98 Å². The predicted octanol–water partition coefficient (Wildman–Crippen LogP) is 0.0128. The highest BCUT2D eigenvalue weighted by Gasteiger charge is 2.21. The number of rotatable bonds is 12. The molecule has 1 rings (SSSR count). The molecule has 0 saturated carbocycles. The average Bonchev–Trinajstić information content (AvgIpc) is 2.56. The molecule has 0 fully saturated rings. The molecule has 1 aromatic rings. The number of pyridine rings is 1. The quantitative estimate of drug-likeness (QED) is 0.455. The molecule has 0 amide bonds. The van der Waals surface area contributed by atoms with Gasteiger partial charge < -0.3 is 11.5 Å². The topological polar surface area (TPSA) is 133 Å². The smallest absolute Gasteiger partial charge is 0.196 e. The van der Waals surface area contributed by atoms with Gasteiger partial charge in [0.2, 0.25) is 0 Å². The van der Waals surface area contributed by atoms with Gasteiger partial charge in [-0.25, -0.2) is 21.8 Å². The van der Waals surface area contributed by atoms with E-state index in [9.17, 15) is 16.8 Å². The predicted molar refractivity (Wildman–Crippen MR) is 101 cm³/mol. The summed E-state index contributed by atoms with van der Waals surface area (Å²) in [5, 5.41) is -0.405. The largest absolute Gasteiger partial charge is 0.330 e. The molecule has 4 N–H and O–H groups in total. The monoisotopic (exact) mass is 413 g/mol. The first kappa shape index (κ1) is 21.7. The Hall–Kier alpha value is -0.330. The first-order chi connectivity index (χ1) is 11.3. The zero-order valence-electron chi connectivity index (χ0n) is 13.3. The second-order valence-corrected chi connectivity index (χ2v) is 11.3. The maximum absolute atomic E-state index is 12.3. The lowest BCUT2D eigenvalue weighted by atomic mass is 10.5. The van der Waals surface area contributed by atoms with Crippen LogP contribution in [0.25, 0.3) is 0 Å². The molecule has 138 valence electrons. The van der Waals surface area contributed by atoms with E-state index >= 15 is 0 Å². The number of sulfone groups is 2. The van der Waals surface area contributed by atoms with Crippen molar-refractivity contribution in [2.45, 2.75) is 10.1 Å². The molecular weight excluding hydrogens is 390 g/mol. The van der Waals surface area contributed by atoms with Gasteiger partial charge in [-0.2, -0.15) is 23.5 Å². The third kappa shape index (κ3) is 7.28. The molecule has 0 radical (unpaired) electrons. The zero-order chi connectivity index (χ0) is 18.1. The van der Waals surface area contributed by atoms with Crippen LogP contribution in [0.1, 0.15) is 0 Å². The van der Waals surface area contributed by atoms with E-state index in [1.54, 1.807) is 0 Å². The number of hydrogen-bond donors (Lipinski definition) is 2. The number of aromatic nitrogens is 1. The van der Waals surface area contributed by atoms with E-state index in [2.05, 4.69) is 4.98 Å². The second kappa shape index (κ2) is 10.6. The van der Waals surface area contributed by atoms with Crippen LogP contribution in [-0.2, 0) is 19.7 Å². The summed E-state index contributed by atoms with van der Waals surface area (Å²) in [5.41, 5.74) is 10.7. The van der Waals surface area contributed by atoms with E-state index < -0.39 is 19.7 Å². The lowest BCUT2D eigenvalue weighted by Gasteiger charge is -2.07. The van der Waals surface area contributed by atoms with Crippen molar-refractivity contribution in [2.75, 3.05) is 47.6 Å². The molecule has 0 unspecified atom stereocenters. The van der Waals surface area contributed by atoms with Gasteiger partial charge in [0.15, 0.2) is 29.7 Å².